The molecule has 2 atom stereocenters. The summed E-state index contributed by atoms with van der Waals surface area (Å²) in [5.41, 5.74) is 6.34. The van der Waals surface area contributed by atoms with Crippen LogP contribution in [0.15, 0.2) is 78.9 Å². The van der Waals surface area contributed by atoms with E-state index in [0.29, 0.717) is 17.8 Å². The number of aryl methyl sites for hydroxylation is 2. The van der Waals surface area contributed by atoms with E-state index in [-0.39, 0.29) is 5.91 Å². The predicted octanol–water partition coefficient (Wildman–Crippen LogP) is 6.04. The third kappa shape index (κ3) is 4.95. The largest absolute Gasteiger partial charge is 0.338 e. The van der Waals surface area contributed by atoms with E-state index in [2.05, 4.69) is 72.2 Å². The van der Waals surface area contributed by atoms with Gasteiger partial charge < -0.3 is 9.80 Å². The minimum atomic E-state index is 0.166. The highest BCUT2D eigenvalue weighted by molar-refractivity contribution is 5.94. The van der Waals surface area contributed by atoms with E-state index in [9.17, 15) is 4.79 Å². The Bertz CT molecular complexity index is 1100. The molecule has 1 amide bonds. The molecule has 0 aliphatic carbocycles. The molecule has 0 aromatic heterocycles. The average molecular weight is 453 g/mol. The first-order valence-electron chi connectivity index (χ1n) is 12.8. The van der Waals surface area contributed by atoms with Gasteiger partial charge >= 0.3 is 0 Å². The summed E-state index contributed by atoms with van der Waals surface area (Å²) in [6.45, 7) is 9.37. The van der Waals surface area contributed by atoms with Crippen molar-refractivity contribution < 1.29 is 4.79 Å². The van der Waals surface area contributed by atoms with Gasteiger partial charge in [-0.1, -0.05) is 66.7 Å². The summed E-state index contributed by atoms with van der Waals surface area (Å²) in [4.78, 5) is 18.0. The van der Waals surface area contributed by atoms with Crippen LogP contribution < -0.4 is 0 Å². The molecule has 2 unspecified atom stereocenters. The van der Waals surface area contributed by atoms with Gasteiger partial charge in [0.2, 0.25) is 0 Å². The van der Waals surface area contributed by atoms with Crippen LogP contribution in [-0.4, -0.2) is 48.4 Å². The highest BCUT2D eigenvalue weighted by atomic mass is 16.2. The second-order valence-corrected chi connectivity index (χ2v) is 10.3. The molecular formula is C31H36N2O. The SMILES string of the molecule is Cc1ccc(C2CN(C(=O)c3ccccc3)CC2CN2CCC(c3ccccc3)CC2)cc1C. The van der Waals surface area contributed by atoms with Crippen LogP contribution >= 0.6 is 0 Å². The normalized spacial score (nSPS) is 21.6. The van der Waals surface area contributed by atoms with Crippen molar-refractivity contribution in [3.05, 3.63) is 107 Å². The van der Waals surface area contributed by atoms with Crippen molar-refractivity contribution in [2.45, 2.75) is 38.5 Å². The zero-order valence-corrected chi connectivity index (χ0v) is 20.5. The molecule has 0 bridgehead atoms. The maximum absolute atomic E-state index is 13.3. The van der Waals surface area contributed by atoms with Gasteiger partial charge in [0, 0.05) is 31.1 Å². The van der Waals surface area contributed by atoms with Crippen LogP contribution in [0.3, 0.4) is 0 Å². The number of likely N-dealkylation sites (tertiary alicyclic amines) is 2. The van der Waals surface area contributed by atoms with E-state index in [1.807, 2.05) is 30.3 Å². The number of carbonyl (C=O) groups is 1. The summed E-state index contributed by atoms with van der Waals surface area (Å²) in [6.07, 6.45) is 2.44. The Morgan fingerprint density at radius 1 is 0.794 bits per heavy atom. The minimum absolute atomic E-state index is 0.166. The summed E-state index contributed by atoms with van der Waals surface area (Å²) >= 11 is 0. The number of nitrogens with zero attached hydrogens (tertiary/aromatic N) is 2. The molecule has 3 nitrogen and oxygen atoms in total. The zero-order chi connectivity index (χ0) is 23.5. The van der Waals surface area contributed by atoms with E-state index in [4.69, 9.17) is 0 Å². The molecule has 3 aromatic rings. The van der Waals surface area contributed by atoms with Crippen molar-refractivity contribution in [2.75, 3.05) is 32.7 Å². The van der Waals surface area contributed by atoms with Gasteiger partial charge in [-0.25, -0.2) is 0 Å². The van der Waals surface area contributed by atoms with Gasteiger partial charge in [0.1, 0.15) is 0 Å². The number of amides is 1. The molecule has 5 rings (SSSR count). The van der Waals surface area contributed by atoms with Crippen LogP contribution in [0, 0.1) is 19.8 Å². The van der Waals surface area contributed by atoms with Crippen LogP contribution in [0.25, 0.3) is 0 Å². The van der Waals surface area contributed by atoms with Gasteiger partial charge in [-0.3, -0.25) is 4.79 Å². The Morgan fingerprint density at radius 2 is 1.47 bits per heavy atom. The molecule has 2 aliphatic heterocycles. The van der Waals surface area contributed by atoms with Crippen molar-refractivity contribution in [1.29, 1.82) is 0 Å². The standard InChI is InChI=1S/C31H36N2O/c1-23-13-14-28(19-24(23)2)30-22-33(31(34)27-11-7-4-8-12-27)21-29(30)20-32-17-15-26(16-18-32)25-9-5-3-6-10-25/h3-14,19,26,29-30H,15-18,20-22H2,1-2H3. The Labute approximate surface area is 204 Å². The molecule has 0 spiro atoms. The van der Waals surface area contributed by atoms with Crippen molar-refractivity contribution in [1.82, 2.24) is 9.80 Å². The first-order valence-corrected chi connectivity index (χ1v) is 12.8. The van der Waals surface area contributed by atoms with E-state index in [0.717, 1.165) is 38.3 Å². The number of rotatable bonds is 5. The van der Waals surface area contributed by atoms with Crippen LogP contribution in [-0.2, 0) is 0 Å². The highest BCUT2D eigenvalue weighted by Crippen LogP contribution is 2.36. The average Bonchev–Trinajstić information content (AvgIpc) is 3.30. The fraction of sp³-hybridized carbons (Fsp3) is 0.387. The monoisotopic (exact) mass is 452 g/mol. The van der Waals surface area contributed by atoms with Gasteiger partial charge in [0.15, 0.2) is 0 Å². The van der Waals surface area contributed by atoms with E-state index < -0.39 is 0 Å². The van der Waals surface area contributed by atoms with Crippen molar-refractivity contribution in [3.8, 4) is 0 Å². The summed E-state index contributed by atoms with van der Waals surface area (Å²) < 4.78 is 0. The van der Waals surface area contributed by atoms with Crippen molar-refractivity contribution in [2.24, 2.45) is 5.92 Å². The smallest absolute Gasteiger partial charge is 0.253 e. The van der Waals surface area contributed by atoms with Gasteiger partial charge in [0.25, 0.3) is 5.91 Å². The fourth-order valence-electron chi connectivity index (χ4n) is 5.86. The van der Waals surface area contributed by atoms with Gasteiger partial charge in [0.05, 0.1) is 0 Å². The number of benzene rings is 3. The van der Waals surface area contributed by atoms with E-state index >= 15 is 0 Å². The molecule has 2 heterocycles. The molecule has 2 fully saturated rings. The molecule has 176 valence electrons. The molecule has 34 heavy (non-hydrogen) atoms. The molecule has 0 radical (unpaired) electrons. The number of piperidine rings is 1. The van der Waals surface area contributed by atoms with Crippen molar-refractivity contribution >= 4 is 5.91 Å². The quantitative estimate of drug-likeness (QED) is 0.471. The molecule has 0 N–H and O–H groups in total. The second-order valence-electron chi connectivity index (χ2n) is 10.3. The van der Waals surface area contributed by atoms with Crippen LogP contribution in [0.1, 0.15) is 57.3 Å². The van der Waals surface area contributed by atoms with Crippen molar-refractivity contribution in [3.63, 3.8) is 0 Å². The minimum Gasteiger partial charge on any atom is -0.338 e. The second kappa shape index (κ2) is 10.1. The lowest BCUT2D eigenvalue weighted by Crippen LogP contribution is -2.38. The van der Waals surface area contributed by atoms with E-state index in [1.54, 1.807) is 0 Å². The maximum Gasteiger partial charge on any atom is 0.253 e. The summed E-state index contributed by atoms with van der Waals surface area (Å²) in [6, 6.07) is 27.6. The summed E-state index contributed by atoms with van der Waals surface area (Å²) in [5.74, 6) is 1.69. The van der Waals surface area contributed by atoms with Crippen LogP contribution in [0.2, 0.25) is 0 Å². The lowest BCUT2D eigenvalue weighted by molar-refractivity contribution is 0.0781. The van der Waals surface area contributed by atoms with Crippen LogP contribution in [0.4, 0.5) is 0 Å². The fourth-order valence-corrected chi connectivity index (χ4v) is 5.86. The first kappa shape index (κ1) is 22.9. The molecule has 3 aromatic carbocycles. The Balaban J connectivity index is 1.31. The summed E-state index contributed by atoms with van der Waals surface area (Å²) in [5, 5.41) is 0. The van der Waals surface area contributed by atoms with Gasteiger partial charge in [-0.05, 0) is 86.0 Å². The third-order valence-corrected chi connectivity index (χ3v) is 8.06. The lowest BCUT2D eigenvalue weighted by Gasteiger charge is -2.35. The molecular weight excluding hydrogens is 416 g/mol. The molecule has 3 heteroatoms. The number of carbonyl (C=O) groups excluding carboxylic acids is 1. The topological polar surface area (TPSA) is 23.6 Å². The highest BCUT2D eigenvalue weighted by Gasteiger charge is 2.38. The predicted molar refractivity (Wildman–Crippen MR) is 139 cm³/mol. The van der Waals surface area contributed by atoms with E-state index in [1.165, 1.54) is 35.1 Å². The molecule has 0 saturated carbocycles. The lowest BCUT2D eigenvalue weighted by atomic mass is 9.85. The maximum atomic E-state index is 13.3. The zero-order valence-electron chi connectivity index (χ0n) is 20.5. The number of hydrogen-bond acceptors (Lipinski definition) is 2. The Hall–Kier alpha value is -2.91. The van der Waals surface area contributed by atoms with Gasteiger partial charge in [-0.2, -0.15) is 0 Å². The van der Waals surface area contributed by atoms with Gasteiger partial charge in [-0.15, -0.1) is 0 Å². The summed E-state index contributed by atoms with van der Waals surface area (Å²) in [7, 11) is 0. The molecule has 2 saturated heterocycles. The van der Waals surface area contributed by atoms with Crippen LogP contribution in [0.5, 0.6) is 0 Å². The Kier molecular flexibility index (Phi) is 6.82. The molecule has 2 aliphatic rings. The third-order valence-electron chi connectivity index (χ3n) is 8.06. The Morgan fingerprint density at radius 3 is 2.15 bits per heavy atom. The first-order chi connectivity index (χ1) is 16.6. The number of hydrogen-bond donors (Lipinski definition) is 0.